The summed E-state index contributed by atoms with van der Waals surface area (Å²) in [4.78, 5) is 18.4. The Bertz CT molecular complexity index is 832. The van der Waals surface area contributed by atoms with Crippen LogP contribution in [0.3, 0.4) is 0 Å². The number of benzene rings is 2. The van der Waals surface area contributed by atoms with Crippen molar-refractivity contribution < 1.29 is 14.4 Å². The summed E-state index contributed by atoms with van der Waals surface area (Å²) in [5.41, 5.74) is 1.87. The van der Waals surface area contributed by atoms with Gasteiger partial charge in [0.15, 0.2) is 6.61 Å². The van der Waals surface area contributed by atoms with Crippen LogP contribution in [0.2, 0.25) is 5.02 Å². The number of ether oxygens (including phenoxy) is 1. The van der Waals surface area contributed by atoms with Gasteiger partial charge in [-0.05, 0) is 47.7 Å². The van der Waals surface area contributed by atoms with Gasteiger partial charge in [0.05, 0.1) is 7.11 Å². The van der Waals surface area contributed by atoms with E-state index >= 15 is 0 Å². The third kappa shape index (κ3) is 3.51. The monoisotopic (exact) mass is 332 g/mol. The van der Waals surface area contributed by atoms with Crippen LogP contribution in [0, 0.1) is 0 Å². The smallest absolute Gasteiger partial charge is 0.265 e. The standard InChI is InChI=1S/C15H13ClN4O3/c1-22-12-5-3-11(4-6-12)17-15(21)9-23-20-14-8-10(16)2-7-13(14)18-19-20/h2-8H,9H2,1H3,(H,17,21). The van der Waals surface area contributed by atoms with Crippen LogP contribution in [-0.4, -0.2) is 34.8 Å². The van der Waals surface area contributed by atoms with E-state index in [4.69, 9.17) is 21.2 Å². The maximum absolute atomic E-state index is 11.9. The number of nitrogens with zero attached hydrogens (tertiary/aromatic N) is 3. The van der Waals surface area contributed by atoms with Gasteiger partial charge in [-0.25, -0.2) is 0 Å². The summed E-state index contributed by atoms with van der Waals surface area (Å²) >= 11 is 5.93. The van der Waals surface area contributed by atoms with Crippen molar-refractivity contribution in [2.24, 2.45) is 0 Å². The fourth-order valence-electron chi connectivity index (χ4n) is 1.96. The number of fused-ring (bicyclic) bond motifs is 1. The van der Waals surface area contributed by atoms with E-state index in [1.807, 2.05) is 0 Å². The van der Waals surface area contributed by atoms with E-state index < -0.39 is 0 Å². The van der Waals surface area contributed by atoms with Crippen molar-refractivity contribution in [3.8, 4) is 5.75 Å². The first-order valence-electron chi connectivity index (χ1n) is 6.74. The van der Waals surface area contributed by atoms with Crippen molar-refractivity contribution in [2.75, 3.05) is 19.0 Å². The Hall–Kier alpha value is -2.80. The summed E-state index contributed by atoms with van der Waals surface area (Å²) in [6.07, 6.45) is 0. The van der Waals surface area contributed by atoms with Crippen LogP contribution in [0.4, 0.5) is 5.69 Å². The van der Waals surface area contributed by atoms with Gasteiger partial charge >= 0.3 is 0 Å². The zero-order valence-electron chi connectivity index (χ0n) is 12.2. The van der Waals surface area contributed by atoms with E-state index in [1.165, 1.54) is 4.85 Å². The SMILES string of the molecule is COc1ccc(NC(=O)COn2nnc3ccc(Cl)cc32)cc1. The zero-order chi connectivity index (χ0) is 16.2. The molecule has 0 spiro atoms. The number of anilines is 1. The predicted molar refractivity (Wildman–Crippen MR) is 85.6 cm³/mol. The number of hydrogen-bond donors (Lipinski definition) is 1. The van der Waals surface area contributed by atoms with Gasteiger partial charge in [0, 0.05) is 10.7 Å². The Labute approximate surface area is 136 Å². The minimum absolute atomic E-state index is 0.211. The second-order valence-electron chi connectivity index (χ2n) is 4.65. The molecule has 8 heteroatoms. The topological polar surface area (TPSA) is 78.3 Å². The number of carbonyl (C=O) groups is 1. The molecule has 0 aliphatic carbocycles. The van der Waals surface area contributed by atoms with Crippen LogP contribution < -0.4 is 14.9 Å². The van der Waals surface area contributed by atoms with Crippen molar-refractivity contribution in [2.45, 2.75) is 0 Å². The lowest BCUT2D eigenvalue weighted by Gasteiger charge is -2.07. The average Bonchev–Trinajstić information content (AvgIpc) is 2.96. The van der Waals surface area contributed by atoms with E-state index in [0.29, 0.717) is 27.5 Å². The molecular weight excluding hydrogens is 320 g/mol. The molecule has 118 valence electrons. The van der Waals surface area contributed by atoms with Crippen molar-refractivity contribution in [1.29, 1.82) is 0 Å². The lowest BCUT2D eigenvalue weighted by atomic mass is 10.3. The first-order valence-corrected chi connectivity index (χ1v) is 7.11. The highest BCUT2D eigenvalue weighted by Crippen LogP contribution is 2.17. The molecule has 0 radical (unpaired) electrons. The number of aromatic nitrogens is 3. The molecule has 2 aromatic carbocycles. The lowest BCUT2D eigenvalue weighted by molar-refractivity contribution is -0.121. The minimum atomic E-state index is -0.319. The number of halogens is 1. The second kappa shape index (κ2) is 6.53. The van der Waals surface area contributed by atoms with Crippen molar-refractivity contribution in [3.63, 3.8) is 0 Å². The molecule has 1 N–H and O–H groups in total. The summed E-state index contributed by atoms with van der Waals surface area (Å²) in [7, 11) is 1.58. The molecule has 0 unspecified atom stereocenters. The third-order valence-electron chi connectivity index (χ3n) is 3.07. The van der Waals surface area contributed by atoms with E-state index in [0.717, 1.165) is 0 Å². The molecule has 1 amide bonds. The molecule has 0 fully saturated rings. The Morgan fingerprint density at radius 2 is 2.04 bits per heavy atom. The molecule has 3 rings (SSSR count). The van der Waals surface area contributed by atoms with Gasteiger partial charge < -0.3 is 14.9 Å². The highest BCUT2D eigenvalue weighted by molar-refractivity contribution is 6.31. The number of amides is 1. The summed E-state index contributed by atoms with van der Waals surface area (Å²) in [5, 5.41) is 11.0. The maximum atomic E-state index is 11.9. The molecule has 0 saturated heterocycles. The molecule has 1 aromatic heterocycles. The molecule has 0 bridgehead atoms. The summed E-state index contributed by atoms with van der Waals surface area (Å²) < 4.78 is 5.05. The van der Waals surface area contributed by atoms with Crippen molar-refractivity contribution in [1.82, 2.24) is 15.2 Å². The third-order valence-corrected chi connectivity index (χ3v) is 3.30. The Morgan fingerprint density at radius 1 is 1.26 bits per heavy atom. The average molecular weight is 333 g/mol. The molecule has 0 aliphatic rings. The Morgan fingerprint density at radius 3 is 2.78 bits per heavy atom. The highest BCUT2D eigenvalue weighted by Gasteiger charge is 2.09. The predicted octanol–water partition coefficient (Wildman–Crippen LogP) is 2.16. The Kier molecular flexibility index (Phi) is 4.29. The fraction of sp³-hybridized carbons (Fsp3) is 0.133. The van der Waals surface area contributed by atoms with E-state index in [1.54, 1.807) is 49.6 Å². The quantitative estimate of drug-likeness (QED) is 0.774. The van der Waals surface area contributed by atoms with E-state index in [9.17, 15) is 4.79 Å². The first-order chi connectivity index (χ1) is 11.2. The number of carbonyl (C=O) groups excluding carboxylic acids is 1. The molecule has 7 nitrogen and oxygen atoms in total. The van der Waals surface area contributed by atoms with E-state index in [-0.39, 0.29) is 12.5 Å². The normalized spacial score (nSPS) is 10.5. The summed E-state index contributed by atoms with van der Waals surface area (Å²) in [6, 6.07) is 12.1. The van der Waals surface area contributed by atoms with Crippen LogP contribution in [0.5, 0.6) is 5.75 Å². The fourth-order valence-corrected chi connectivity index (χ4v) is 2.12. The van der Waals surface area contributed by atoms with Gasteiger partial charge in [0.25, 0.3) is 5.91 Å². The second-order valence-corrected chi connectivity index (χ2v) is 5.08. The minimum Gasteiger partial charge on any atom is -0.497 e. The van der Waals surface area contributed by atoms with Crippen molar-refractivity contribution in [3.05, 3.63) is 47.5 Å². The van der Waals surface area contributed by atoms with Gasteiger partial charge in [-0.1, -0.05) is 16.4 Å². The Balaban J connectivity index is 1.62. The van der Waals surface area contributed by atoms with Crippen LogP contribution >= 0.6 is 11.6 Å². The molecule has 0 saturated carbocycles. The maximum Gasteiger partial charge on any atom is 0.265 e. The molecule has 3 aromatic rings. The molecule has 0 aliphatic heterocycles. The number of rotatable bonds is 5. The number of hydrogen-bond acceptors (Lipinski definition) is 5. The lowest BCUT2D eigenvalue weighted by Crippen LogP contribution is -2.26. The first kappa shape index (κ1) is 15.1. The number of nitrogens with one attached hydrogen (secondary N) is 1. The molecule has 23 heavy (non-hydrogen) atoms. The molecule has 0 atom stereocenters. The van der Waals surface area contributed by atoms with Crippen LogP contribution in [0.15, 0.2) is 42.5 Å². The van der Waals surface area contributed by atoms with Crippen LogP contribution in [0.1, 0.15) is 0 Å². The van der Waals surface area contributed by atoms with Gasteiger partial charge in [0.1, 0.15) is 16.8 Å². The summed E-state index contributed by atoms with van der Waals surface area (Å²) in [5.74, 6) is 0.394. The molecular formula is C15H13ClN4O3. The molecule has 1 heterocycles. The van der Waals surface area contributed by atoms with Gasteiger partial charge in [-0.2, -0.15) is 0 Å². The van der Waals surface area contributed by atoms with Gasteiger partial charge in [-0.15, -0.1) is 5.10 Å². The van der Waals surface area contributed by atoms with Crippen molar-refractivity contribution >= 4 is 34.2 Å². The summed E-state index contributed by atoms with van der Waals surface area (Å²) in [6.45, 7) is -0.211. The van der Waals surface area contributed by atoms with E-state index in [2.05, 4.69) is 15.6 Å². The highest BCUT2D eigenvalue weighted by atomic mass is 35.5. The van der Waals surface area contributed by atoms with Gasteiger partial charge in [0.2, 0.25) is 0 Å². The van der Waals surface area contributed by atoms with Crippen LogP contribution in [-0.2, 0) is 4.79 Å². The van der Waals surface area contributed by atoms with Gasteiger partial charge in [-0.3, -0.25) is 4.79 Å². The van der Waals surface area contributed by atoms with Crippen LogP contribution in [0.25, 0.3) is 11.0 Å². The number of methoxy groups -OCH3 is 1. The largest absolute Gasteiger partial charge is 0.497 e. The zero-order valence-corrected chi connectivity index (χ0v) is 12.9.